The zero-order chi connectivity index (χ0) is 18.1. The highest BCUT2D eigenvalue weighted by molar-refractivity contribution is 14.0. The lowest BCUT2D eigenvalue weighted by atomic mass is 9.84. The Labute approximate surface area is 174 Å². The van der Waals surface area contributed by atoms with Crippen molar-refractivity contribution in [1.82, 2.24) is 16.0 Å². The third-order valence-corrected chi connectivity index (χ3v) is 4.92. The second kappa shape index (κ2) is 12.2. The summed E-state index contributed by atoms with van der Waals surface area (Å²) in [5.74, 6) is 1.94. The van der Waals surface area contributed by atoms with Crippen LogP contribution in [0.3, 0.4) is 0 Å². The fourth-order valence-corrected chi connectivity index (χ4v) is 3.36. The summed E-state index contributed by atoms with van der Waals surface area (Å²) in [6, 6.07) is 2.31. The Hall–Kier alpha value is -1.25. The van der Waals surface area contributed by atoms with Gasteiger partial charge in [-0.1, -0.05) is 26.2 Å². The van der Waals surface area contributed by atoms with Crippen molar-refractivity contribution in [2.45, 2.75) is 58.4 Å². The van der Waals surface area contributed by atoms with Crippen LogP contribution >= 0.6 is 24.0 Å². The lowest BCUT2D eigenvalue weighted by Gasteiger charge is -2.30. The maximum atomic E-state index is 11.9. The average molecular weight is 476 g/mol. The zero-order valence-corrected chi connectivity index (χ0v) is 18.5. The van der Waals surface area contributed by atoms with Gasteiger partial charge in [0, 0.05) is 31.7 Å². The van der Waals surface area contributed by atoms with Crippen LogP contribution in [0, 0.1) is 12.8 Å². The molecule has 0 spiro atoms. The Bertz CT molecular complexity index is 574. The molecule has 1 aliphatic rings. The molecule has 148 valence electrons. The molecule has 0 bridgehead atoms. The molecule has 1 heterocycles. The van der Waals surface area contributed by atoms with Crippen molar-refractivity contribution in [1.29, 1.82) is 0 Å². The Morgan fingerprint density at radius 1 is 1.31 bits per heavy atom. The standard InChI is InChI=1S/C19H32N4O2.HI/c1-4-15-7-5-8-16(13-15)23-19(20-3)22-11-6-10-21-18(24)17-14(2)9-12-25-17;/h9,12,15-16H,4-8,10-11,13H2,1-3H3,(H,21,24)(H2,20,22,23);1H. The van der Waals surface area contributed by atoms with Crippen LogP contribution in [-0.4, -0.2) is 38.0 Å². The topological polar surface area (TPSA) is 78.7 Å². The molecule has 0 radical (unpaired) electrons. The maximum absolute atomic E-state index is 11.9. The highest BCUT2D eigenvalue weighted by Crippen LogP contribution is 2.26. The molecule has 1 aromatic rings. The number of carbonyl (C=O) groups excluding carboxylic acids is 1. The maximum Gasteiger partial charge on any atom is 0.287 e. The summed E-state index contributed by atoms with van der Waals surface area (Å²) >= 11 is 0. The molecule has 2 unspecified atom stereocenters. The van der Waals surface area contributed by atoms with Gasteiger partial charge in [-0.05, 0) is 38.2 Å². The fraction of sp³-hybridized carbons (Fsp3) is 0.684. The van der Waals surface area contributed by atoms with Crippen LogP contribution in [0.4, 0.5) is 0 Å². The van der Waals surface area contributed by atoms with Crippen molar-refractivity contribution >= 4 is 35.8 Å². The number of aliphatic imine (C=N–C) groups is 1. The first-order valence-electron chi connectivity index (χ1n) is 9.43. The van der Waals surface area contributed by atoms with Gasteiger partial charge < -0.3 is 20.4 Å². The molecule has 0 aromatic carbocycles. The van der Waals surface area contributed by atoms with Gasteiger partial charge in [-0.3, -0.25) is 9.79 Å². The second-order valence-electron chi connectivity index (χ2n) is 6.82. The predicted molar refractivity (Wildman–Crippen MR) is 116 cm³/mol. The third-order valence-electron chi connectivity index (χ3n) is 4.92. The predicted octanol–water partition coefficient (Wildman–Crippen LogP) is 3.46. The number of halogens is 1. The Kier molecular flexibility index (Phi) is 10.7. The second-order valence-corrected chi connectivity index (χ2v) is 6.82. The summed E-state index contributed by atoms with van der Waals surface area (Å²) in [7, 11) is 1.80. The van der Waals surface area contributed by atoms with E-state index in [0.29, 0.717) is 18.3 Å². The van der Waals surface area contributed by atoms with Crippen LogP contribution in [0.1, 0.15) is 61.6 Å². The highest BCUT2D eigenvalue weighted by Gasteiger charge is 2.21. The van der Waals surface area contributed by atoms with E-state index in [2.05, 4.69) is 27.9 Å². The molecule has 7 heteroatoms. The molecule has 6 nitrogen and oxygen atoms in total. The van der Waals surface area contributed by atoms with Crippen LogP contribution in [0.2, 0.25) is 0 Å². The molecular weight excluding hydrogens is 443 g/mol. The van der Waals surface area contributed by atoms with Crippen molar-refractivity contribution in [2.75, 3.05) is 20.1 Å². The van der Waals surface area contributed by atoms with Crippen molar-refractivity contribution in [3.05, 3.63) is 23.7 Å². The van der Waals surface area contributed by atoms with Gasteiger partial charge in [-0.15, -0.1) is 24.0 Å². The van der Waals surface area contributed by atoms with E-state index in [9.17, 15) is 4.79 Å². The molecule has 0 aliphatic heterocycles. The molecule has 1 saturated carbocycles. The molecule has 1 aliphatic carbocycles. The minimum atomic E-state index is -0.155. The van der Waals surface area contributed by atoms with Gasteiger partial charge in [0.15, 0.2) is 11.7 Å². The number of rotatable bonds is 7. The molecule has 26 heavy (non-hydrogen) atoms. The summed E-state index contributed by atoms with van der Waals surface area (Å²) in [6.07, 6.45) is 8.73. The first-order chi connectivity index (χ1) is 12.1. The SMILES string of the molecule is CCC1CCCC(NC(=NC)NCCCNC(=O)c2occc2C)C1.I. The third kappa shape index (κ3) is 7.17. The van der Waals surface area contributed by atoms with Crippen LogP contribution in [0.25, 0.3) is 0 Å². The summed E-state index contributed by atoms with van der Waals surface area (Å²) in [4.78, 5) is 16.3. The zero-order valence-electron chi connectivity index (χ0n) is 16.1. The van der Waals surface area contributed by atoms with Crippen molar-refractivity contribution in [2.24, 2.45) is 10.9 Å². The molecule has 2 rings (SSSR count). The molecule has 2 atom stereocenters. The van der Waals surface area contributed by atoms with Crippen molar-refractivity contribution in [3.8, 4) is 0 Å². The van der Waals surface area contributed by atoms with Crippen LogP contribution in [0.15, 0.2) is 21.7 Å². The molecule has 1 aromatic heterocycles. The van der Waals surface area contributed by atoms with Gasteiger partial charge in [0.25, 0.3) is 5.91 Å². The smallest absolute Gasteiger partial charge is 0.287 e. The minimum absolute atomic E-state index is 0. The lowest BCUT2D eigenvalue weighted by molar-refractivity contribution is 0.0925. The number of furan rings is 1. The number of guanidine groups is 1. The minimum Gasteiger partial charge on any atom is -0.459 e. The van der Waals surface area contributed by atoms with Crippen LogP contribution in [-0.2, 0) is 0 Å². The normalized spacial score (nSPS) is 20.2. The van der Waals surface area contributed by atoms with Gasteiger partial charge >= 0.3 is 0 Å². The van der Waals surface area contributed by atoms with E-state index in [4.69, 9.17) is 4.42 Å². The number of amides is 1. The van der Waals surface area contributed by atoms with E-state index in [0.717, 1.165) is 30.4 Å². The molecule has 1 fully saturated rings. The van der Waals surface area contributed by atoms with E-state index in [-0.39, 0.29) is 29.9 Å². The van der Waals surface area contributed by atoms with Crippen LogP contribution < -0.4 is 16.0 Å². The number of carbonyl (C=O) groups is 1. The fourth-order valence-electron chi connectivity index (χ4n) is 3.36. The number of hydrogen-bond donors (Lipinski definition) is 3. The van der Waals surface area contributed by atoms with E-state index in [1.165, 1.54) is 38.4 Å². The van der Waals surface area contributed by atoms with Gasteiger partial charge in [-0.25, -0.2) is 0 Å². The number of nitrogens with zero attached hydrogens (tertiary/aromatic N) is 1. The van der Waals surface area contributed by atoms with E-state index in [1.807, 2.05) is 6.92 Å². The number of nitrogens with one attached hydrogen (secondary N) is 3. The Morgan fingerprint density at radius 2 is 2.08 bits per heavy atom. The van der Waals surface area contributed by atoms with Crippen LogP contribution in [0.5, 0.6) is 0 Å². The van der Waals surface area contributed by atoms with Gasteiger partial charge in [-0.2, -0.15) is 0 Å². The summed E-state index contributed by atoms with van der Waals surface area (Å²) < 4.78 is 5.18. The molecule has 3 N–H and O–H groups in total. The lowest BCUT2D eigenvalue weighted by Crippen LogP contribution is -2.45. The first-order valence-corrected chi connectivity index (χ1v) is 9.43. The molecule has 0 saturated heterocycles. The van der Waals surface area contributed by atoms with Gasteiger partial charge in [0.1, 0.15) is 0 Å². The quantitative estimate of drug-likeness (QED) is 0.244. The van der Waals surface area contributed by atoms with Gasteiger partial charge in [0.05, 0.1) is 6.26 Å². The Balaban J connectivity index is 0.00000338. The molecular formula is C19H33IN4O2. The number of hydrogen-bond acceptors (Lipinski definition) is 3. The van der Waals surface area contributed by atoms with Crippen molar-refractivity contribution < 1.29 is 9.21 Å². The summed E-state index contributed by atoms with van der Waals surface area (Å²) in [6.45, 7) is 5.51. The average Bonchev–Trinajstić information content (AvgIpc) is 3.06. The summed E-state index contributed by atoms with van der Waals surface area (Å²) in [5, 5.41) is 9.75. The Morgan fingerprint density at radius 3 is 2.73 bits per heavy atom. The van der Waals surface area contributed by atoms with E-state index in [1.54, 1.807) is 13.1 Å². The largest absolute Gasteiger partial charge is 0.459 e. The van der Waals surface area contributed by atoms with Crippen molar-refractivity contribution in [3.63, 3.8) is 0 Å². The first kappa shape index (κ1) is 22.8. The van der Waals surface area contributed by atoms with Gasteiger partial charge in [0.2, 0.25) is 0 Å². The van der Waals surface area contributed by atoms with E-state index >= 15 is 0 Å². The molecule has 1 amide bonds. The monoisotopic (exact) mass is 476 g/mol. The number of aryl methyl sites for hydroxylation is 1. The van der Waals surface area contributed by atoms with E-state index < -0.39 is 0 Å². The highest BCUT2D eigenvalue weighted by atomic mass is 127. The summed E-state index contributed by atoms with van der Waals surface area (Å²) in [5.41, 5.74) is 0.859.